The van der Waals surface area contributed by atoms with E-state index in [0.717, 1.165) is 12.1 Å². The quantitative estimate of drug-likeness (QED) is 0.780. The fraction of sp³-hybridized carbons (Fsp3) is 0.316. The van der Waals surface area contributed by atoms with Crippen LogP contribution in [0.4, 0.5) is 11.5 Å². The molecule has 0 radical (unpaired) electrons. The SMILES string of the molecule is COc1ccc(Nc2cc(C(=O)N3CCN(C=O)CC3)ccn2)c(OC)c1. The third-order valence-electron chi connectivity index (χ3n) is 4.43. The van der Waals surface area contributed by atoms with Crippen molar-refractivity contribution >= 4 is 23.8 Å². The van der Waals surface area contributed by atoms with Crippen LogP contribution < -0.4 is 14.8 Å². The van der Waals surface area contributed by atoms with E-state index in [4.69, 9.17) is 9.47 Å². The molecule has 0 unspecified atom stereocenters. The maximum atomic E-state index is 12.7. The molecule has 8 heteroatoms. The standard InChI is InChI=1S/C19H22N4O4/c1-26-15-3-4-16(17(12-15)27-2)21-18-11-14(5-6-20-18)19(25)23-9-7-22(13-24)8-10-23/h3-6,11-13H,7-10H2,1-2H3,(H,20,21). The Kier molecular flexibility index (Phi) is 5.75. The van der Waals surface area contributed by atoms with E-state index in [9.17, 15) is 9.59 Å². The number of nitrogens with one attached hydrogen (secondary N) is 1. The summed E-state index contributed by atoms with van der Waals surface area (Å²) in [6.07, 6.45) is 2.41. The third kappa shape index (κ3) is 4.28. The normalized spacial score (nSPS) is 13.9. The zero-order chi connectivity index (χ0) is 19.2. The van der Waals surface area contributed by atoms with Crippen molar-refractivity contribution in [1.82, 2.24) is 14.8 Å². The second-order valence-corrected chi connectivity index (χ2v) is 6.05. The molecule has 3 rings (SSSR count). The molecule has 0 bridgehead atoms. The van der Waals surface area contributed by atoms with Crippen molar-refractivity contribution in [3.8, 4) is 11.5 Å². The summed E-state index contributed by atoms with van der Waals surface area (Å²) in [7, 11) is 3.17. The maximum absolute atomic E-state index is 12.7. The molecule has 2 amide bonds. The van der Waals surface area contributed by atoms with Gasteiger partial charge in [-0.05, 0) is 24.3 Å². The van der Waals surface area contributed by atoms with E-state index in [0.29, 0.717) is 49.1 Å². The average molecular weight is 370 g/mol. The number of amides is 2. The predicted octanol–water partition coefficient (Wildman–Crippen LogP) is 1.76. The molecule has 1 saturated heterocycles. The van der Waals surface area contributed by atoms with E-state index in [1.807, 2.05) is 12.1 Å². The fourth-order valence-corrected chi connectivity index (χ4v) is 2.88. The van der Waals surface area contributed by atoms with Crippen molar-refractivity contribution in [3.05, 3.63) is 42.1 Å². The minimum absolute atomic E-state index is 0.0762. The highest BCUT2D eigenvalue weighted by Gasteiger charge is 2.21. The van der Waals surface area contributed by atoms with Crippen LogP contribution in [-0.2, 0) is 4.79 Å². The summed E-state index contributed by atoms with van der Waals surface area (Å²) >= 11 is 0. The molecule has 0 aliphatic carbocycles. The van der Waals surface area contributed by atoms with Gasteiger partial charge in [0.25, 0.3) is 5.91 Å². The van der Waals surface area contributed by atoms with Gasteiger partial charge in [0.1, 0.15) is 17.3 Å². The number of pyridine rings is 1. The molecule has 1 aliphatic rings. The van der Waals surface area contributed by atoms with Gasteiger partial charge >= 0.3 is 0 Å². The van der Waals surface area contributed by atoms with Crippen LogP contribution in [0, 0.1) is 0 Å². The summed E-state index contributed by atoms with van der Waals surface area (Å²) in [4.78, 5) is 31.2. The van der Waals surface area contributed by atoms with Gasteiger partial charge in [0.05, 0.1) is 19.9 Å². The number of carbonyl (C=O) groups is 2. The summed E-state index contributed by atoms with van der Waals surface area (Å²) in [5.74, 6) is 1.75. The van der Waals surface area contributed by atoms with Crippen LogP contribution in [0.5, 0.6) is 11.5 Å². The molecular formula is C19H22N4O4. The number of methoxy groups -OCH3 is 2. The topological polar surface area (TPSA) is 84.0 Å². The highest BCUT2D eigenvalue weighted by molar-refractivity contribution is 5.95. The number of rotatable bonds is 6. The molecule has 1 aliphatic heterocycles. The monoisotopic (exact) mass is 370 g/mol. The molecule has 1 aromatic carbocycles. The first-order valence-corrected chi connectivity index (χ1v) is 8.58. The van der Waals surface area contributed by atoms with Crippen LogP contribution in [0.3, 0.4) is 0 Å². The first-order chi connectivity index (χ1) is 13.1. The van der Waals surface area contributed by atoms with E-state index < -0.39 is 0 Å². The average Bonchev–Trinajstić information content (AvgIpc) is 2.73. The minimum Gasteiger partial charge on any atom is -0.497 e. The van der Waals surface area contributed by atoms with Crippen LogP contribution >= 0.6 is 0 Å². The minimum atomic E-state index is -0.0762. The summed E-state index contributed by atoms with van der Waals surface area (Å²) in [5.41, 5.74) is 1.26. The first kappa shape index (κ1) is 18.5. The largest absolute Gasteiger partial charge is 0.497 e. The van der Waals surface area contributed by atoms with Crippen LogP contribution in [0.25, 0.3) is 0 Å². The molecule has 142 valence electrons. The van der Waals surface area contributed by atoms with Crippen LogP contribution in [0.1, 0.15) is 10.4 Å². The molecule has 2 heterocycles. The van der Waals surface area contributed by atoms with Crippen molar-refractivity contribution in [1.29, 1.82) is 0 Å². The molecule has 0 atom stereocenters. The van der Waals surface area contributed by atoms with Crippen LogP contribution in [-0.4, -0.2) is 67.5 Å². The van der Waals surface area contributed by atoms with Gasteiger partial charge in [0.2, 0.25) is 6.41 Å². The Balaban J connectivity index is 1.74. The Morgan fingerprint density at radius 3 is 2.56 bits per heavy atom. The number of piperazine rings is 1. The lowest BCUT2D eigenvalue weighted by molar-refractivity contribution is -0.119. The van der Waals surface area contributed by atoms with Crippen molar-refractivity contribution in [3.63, 3.8) is 0 Å². The van der Waals surface area contributed by atoms with Gasteiger partial charge in [-0.3, -0.25) is 9.59 Å². The van der Waals surface area contributed by atoms with Gasteiger partial charge in [-0.1, -0.05) is 0 Å². The van der Waals surface area contributed by atoms with E-state index in [2.05, 4.69) is 10.3 Å². The molecule has 1 aromatic heterocycles. The third-order valence-corrected chi connectivity index (χ3v) is 4.43. The maximum Gasteiger partial charge on any atom is 0.254 e. The van der Waals surface area contributed by atoms with Crippen molar-refractivity contribution < 1.29 is 19.1 Å². The van der Waals surface area contributed by atoms with Gasteiger partial charge in [0.15, 0.2) is 0 Å². The van der Waals surface area contributed by atoms with Crippen molar-refractivity contribution in [2.75, 3.05) is 45.7 Å². The number of benzene rings is 1. The number of ether oxygens (including phenoxy) is 2. The lowest BCUT2D eigenvalue weighted by Crippen LogP contribution is -2.48. The highest BCUT2D eigenvalue weighted by atomic mass is 16.5. The molecule has 0 spiro atoms. The Labute approximate surface area is 157 Å². The number of aromatic nitrogens is 1. The van der Waals surface area contributed by atoms with Gasteiger partial charge in [-0.25, -0.2) is 4.98 Å². The summed E-state index contributed by atoms with van der Waals surface area (Å²) in [6, 6.07) is 8.80. The fourth-order valence-electron chi connectivity index (χ4n) is 2.88. The Morgan fingerprint density at radius 1 is 1.11 bits per heavy atom. The summed E-state index contributed by atoms with van der Waals surface area (Å²) in [5, 5.41) is 3.17. The summed E-state index contributed by atoms with van der Waals surface area (Å²) in [6.45, 7) is 2.15. The van der Waals surface area contributed by atoms with Gasteiger partial charge in [-0.15, -0.1) is 0 Å². The second-order valence-electron chi connectivity index (χ2n) is 6.05. The lowest BCUT2D eigenvalue weighted by atomic mass is 10.2. The number of carbonyl (C=O) groups excluding carboxylic acids is 2. The zero-order valence-corrected chi connectivity index (χ0v) is 15.3. The van der Waals surface area contributed by atoms with Gasteiger partial charge in [-0.2, -0.15) is 0 Å². The van der Waals surface area contributed by atoms with Crippen molar-refractivity contribution in [2.24, 2.45) is 0 Å². The number of hydrogen-bond acceptors (Lipinski definition) is 6. The zero-order valence-electron chi connectivity index (χ0n) is 15.3. The number of hydrogen-bond donors (Lipinski definition) is 1. The molecule has 8 nitrogen and oxygen atoms in total. The Morgan fingerprint density at radius 2 is 1.89 bits per heavy atom. The molecule has 1 fully saturated rings. The molecular weight excluding hydrogens is 348 g/mol. The van der Waals surface area contributed by atoms with E-state index in [1.54, 1.807) is 48.4 Å². The van der Waals surface area contributed by atoms with E-state index in [-0.39, 0.29) is 5.91 Å². The van der Waals surface area contributed by atoms with E-state index in [1.165, 1.54) is 0 Å². The second kappa shape index (κ2) is 8.39. The van der Waals surface area contributed by atoms with Gasteiger partial charge in [0, 0.05) is 44.0 Å². The van der Waals surface area contributed by atoms with Crippen LogP contribution in [0.15, 0.2) is 36.5 Å². The smallest absolute Gasteiger partial charge is 0.254 e. The highest BCUT2D eigenvalue weighted by Crippen LogP contribution is 2.31. The Hall–Kier alpha value is -3.29. The van der Waals surface area contributed by atoms with Gasteiger partial charge < -0.3 is 24.6 Å². The Bertz CT molecular complexity index is 819. The number of anilines is 2. The molecule has 0 saturated carbocycles. The molecule has 1 N–H and O–H groups in total. The lowest BCUT2D eigenvalue weighted by Gasteiger charge is -2.32. The van der Waals surface area contributed by atoms with Crippen LogP contribution in [0.2, 0.25) is 0 Å². The van der Waals surface area contributed by atoms with Crippen molar-refractivity contribution in [2.45, 2.75) is 0 Å². The van der Waals surface area contributed by atoms with E-state index >= 15 is 0 Å². The number of nitrogens with zero attached hydrogens (tertiary/aromatic N) is 3. The first-order valence-electron chi connectivity index (χ1n) is 8.58. The predicted molar refractivity (Wildman–Crippen MR) is 101 cm³/mol. The molecule has 27 heavy (non-hydrogen) atoms. The molecule has 2 aromatic rings. The summed E-state index contributed by atoms with van der Waals surface area (Å²) < 4.78 is 10.6.